The first-order valence-electron chi connectivity index (χ1n) is 10.9. The molecule has 3 aromatic rings. The number of carbonyl (C=O) groups excluding carboxylic acids is 1. The molecular formula is C26H28ClF3N2O3. The third-order valence-electron chi connectivity index (χ3n) is 5.20. The number of anilines is 1. The number of hydrogen-bond donors (Lipinski definition) is 2. The zero-order chi connectivity index (χ0) is 26.2. The van der Waals surface area contributed by atoms with E-state index in [0.29, 0.717) is 16.4 Å². The van der Waals surface area contributed by atoms with Gasteiger partial charge in [-0.15, -0.1) is 0 Å². The first kappa shape index (κ1) is 28.0. The second-order valence-electron chi connectivity index (χ2n) is 8.18. The number of benzene rings is 2. The van der Waals surface area contributed by atoms with Gasteiger partial charge in [-0.1, -0.05) is 42.8 Å². The number of aromatic nitrogens is 1. The van der Waals surface area contributed by atoms with Crippen molar-refractivity contribution in [2.75, 3.05) is 12.4 Å². The highest BCUT2D eigenvalue weighted by Crippen LogP contribution is 2.33. The Bertz CT molecular complexity index is 1200. The quantitative estimate of drug-likeness (QED) is 0.343. The molecule has 0 unspecified atom stereocenters. The van der Waals surface area contributed by atoms with Crippen molar-refractivity contribution in [1.82, 2.24) is 4.98 Å². The maximum atomic E-state index is 14.0. The molecule has 3 rings (SSSR count). The van der Waals surface area contributed by atoms with Crippen LogP contribution in [-0.2, 0) is 22.7 Å². The molecular weight excluding hydrogens is 481 g/mol. The van der Waals surface area contributed by atoms with Gasteiger partial charge in [0.05, 0.1) is 10.7 Å². The van der Waals surface area contributed by atoms with E-state index in [1.54, 1.807) is 39.1 Å². The third kappa shape index (κ3) is 7.62. The lowest BCUT2D eigenvalue weighted by molar-refractivity contribution is -0.107. The van der Waals surface area contributed by atoms with Gasteiger partial charge in [-0.05, 0) is 37.6 Å². The van der Waals surface area contributed by atoms with Crippen LogP contribution in [0.3, 0.4) is 0 Å². The van der Waals surface area contributed by atoms with Gasteiger partial charge in [0.15, 0.2) is 11.6 Å². The van der Waals surface area contributed by atoms with Gasteiger partial charge in [0.2, 0.25) is 5.56 Å². The summed E-state index contributed by atoms with van der Waals surface area (Å²) in [6.45, 7) is 4.85. The Balaban J connectivity index is 0.000000269. The van der Waals surface area contributed by atoms with E-state index < -0.39 is 17.3 Å². The van der Waals surface area contributed by atoms with Gasteiger partial charge >= 0.3 is 0 Å². The molecule has 0 radical (unpaired) electrons. The number of aromatic amines is 1. The van der Waals surface area contributed by atoms with Crippen molar-refractivity contribution in [3.63, 3.8) is 0 Å². The van der Waals surface area contributed by atoms with Gasteiger partial charge in [0.1, 0.15) is 11.9 Å². The molecule has 9 heteroatoms. The Morgan fingerprint density at radius 2 is 1.74 bits per heavy atom. The number of carbonyl (C=O) groups is 1. The molecule has 1 heterocycles. The lowest BCUT2D eigenvalue weighted by Gasteiger charge is -2.27. The second kappa shape index (κ2) is 11.9. The van der Waals surface area contributed by atoms with Gasteiger partial charge in [-0.3, -0.25) is 4.79 Å². The Labute approximate surface area is 207 Å². The fraction of sp³-hybridized carbons (Fsp3) is 0.308. The molecule has 0 aliphatic heterocycles. The zero-order valence-corrected chi connectivity index (χ0v) is 20.7. The van der Waals surface area contributed by atoms with E-state index in [0.717, 1.165) is 11.8 Å². The first-order chi connectivity index (χ1) is 16.4. The number of alkyl halides is 2. The molecule has 0 aliphatic rings. The number of ether oxygens (including phenoxy) is 1. The predicted molar refractivity (Wildman–Crippen MR) is 132 cm³/mol. The van der Waals surface area contributed by atoms with Crippen molar-refractivity contribution in [1.29, 1.82) is 0 Å². The summed E-state index contributed by atoms with van der Waals surface area (Å²) >= 11 is 6.08. The zero-order valence-electron chi connectivity index (χ0n) is 19.9. The van der Waals surface area contributed by atoms with E-state index in [9.17, 15) is 22.8 Å². The van der Waals surface area contributed by atoms with Crippen LogP contribution >= 0.6 is 11.6 Å². The Morgan fingerprint density at radius 3 is 2.29 bits per heavy atom. The van der Waals surface area contributed by atoms with E-state index in [1.807, 2.05) is 0 Å². The van der Waals surface area contributed by atoms with Crippen LogP contribution in [0.2, 0.25) is 5.02 Å². The summed E-state index contributed by atoms with van der Waals surface area (Å²) in [6.07, 6.45) is 0.824. The highest BCUT2D eigenvalue weighted by atomic mass is 35.5. The molecule has 2 aromatic carbocycles. The smallest absolute Gasteiger partial charge is 0.273 e. The molecule has 0 spiro atoms. The molecule has 1 aromatic heterocycles. The molecule has 0 saturated heterocycles. The summed E-state index contributed by atoms with van der Waals surface area (Å²) in [6, 6.07) is 13.2. The number of H-pyrrole nitrogens is 1. The molecule has 0 aliphatic carbocycles. The molecule has 0 saturated carbocycles. The topological polar surface area (TPSA) is 71.2 Å². The number of nitrogens with one attached hydrogen (secondary N) is 2. The number of pyridine rings is 1. The minimum atomic E-state index is -2.76. The van der Waals surface area contributed by atoms with Crippen molar-refractivity contribution in [3.05, 3.63) is 92.6 Å². The SMILES string of the molecule is CCC(F)(F)c1ccc(CC=O)cc1.CNc1ccc(OC(C)(C)c2[nH]c(=O)ccc2Cl)c(F)c1. The molecule has 0 atom stereocenters. The van der Waals surface area contributed by atoms with E-state index in [4.69, 9.17) is 16.3 Å². The summed E-state index contributed by atoms with van der Waals surface area (Å²) in [5, 5.41) is 3.20. The van der Waals surface area contributed by atoms with Crippen molar-refractivity contribution in [2.45, 2.75) is 45.1 Å². The minimum Gasteiger partial charge on any atom is -0.479 e. The van der Waals surface area contributed by atoms with E-state index in [2.05, 4.69) is 10.3 Å². The molecule has 0 fully saturated rings. The third-order valence-corrected chi connectivity index (χ3v) is 5.51. The average molecular weight is 509 g/mol. The van der Waals surface area contributed by atoms with Crippen LogP contribution in [0, 0.1) is 5.82 Å². The van der Waals surface area contributed by atoms with Gasteiger partial charge in [-0.25, -0.2) is 13.2 Å². The second-order valence-corrected chi connectivity index (χ2v) is 8.59. The summed E-state index contributed by atoms with van der Waals surface area (Å²) < 4.78 is 46.0. The lowest BCUT2D eigenvalue weighted by atomic mass is 10.0. The Hall–Kier alpha value is -3.26. The molecule has 188 valence electrons. The first-order valence-corrected chi connectivity index (χ1v) is 11.3. The van der Waals surface area contributed by atoms with Gasteiger partial charge in [0.25, 0.3) is 5.92 Å². The normalized spacial score (nSPS) is 11.3. The van der Waals surface area contributed by atoms with Gasteiger partial charge in [-0.2, -0.15) is 0 Å². The summed E-state index contributed by atoms with van der Waals surface area (Å²) in [4.78, 5) is 24.2. The summed E-state index contributed by atoms with van der Waals surface area (Å²) in [5.74, 6) is -3.18. The van der Waals surface area contributed by atoms with Crippen molar-refractivity contribution in [3.8, 4) is 5.75 Å². The summed E-state index contributed by atoms with van der Waals surface area (Å²) in [7, 11) is 1.70. The van der Waals surface area contributed by atoms with Crippen molar-refractivity contribution < 1.29 is 22.7 Å². The highest BCUT2D eigenvalue weighted by molar-refractivity contribution is 6.31. The van der Waals surface area contributed by atoms with Crippen LogP contribution in [0.15, 0.2) is 59.4 Å². The number of aldehydes is 1. The Kier molecular flexibility index (Phi) is 9.54. The van der Waals surface area contributed by atoms with Crippen molar-refractivity contribution >= 4 is 23.6 Å². The predicted octanol–water partition coefficient (Wildman–Crippen LogP) is 6.45. The molecule has 35 heavy (non-hydrogen) atoms. The van der Waals surface area contributed by atoms with Gasteiger partial charge in [0, 0.05) is 43.3 Å². The fourth-order valence-electron chi connectivity index (χ4n) is 3.14. The van der Waals surface area contributed by atoms with Crippen LogP contribution in [0.25, 0.3) is 0 Å². The van der Waals surface area contributed by atoms with E-state index in [1.165, 1.54) is 43.3 Å². The van der Waals surface area contributed by atoms with E-state index >= 15 is 0 Å². The van der Waals surface area contributed by atoms with Crippen LogP contribution in [0.1, 0.15) is 44.0 Å². The highest BCUT2D eigenvalue weighted by Gasteiger charge is 2.29. The average Bonchev–Trinajstić information content (AvgIpc) is 2.82. The fourth-order valence-corrected chi connectivity index (χ4v) is 3.48. The minimum absolute atomic E-state index is 0.00893. The molecule has 5 nitrogen and oxygen atoms in total. The molecule has 2 N–H and O–H groups in total. The van der Waals surface area contributed by atoms with Gasteiger partial charge < -0.3 is 19.8 Å². The monoisotopic (exact) mass is 508 g/mol. The maximum Gasteiger partial charge on any atom is 0.273 e. The van der Waals surface area contributed by atoms with Crippen LogP contribution < -0.4 is 15.6 Å². The standard InChI is InChI=1S/C15H16ClFN2O2.C11H12F2O/c1-15(2,14-10(16)5-7-13(20)19-14)21-12-6-4-9(18-3)8-11(12)17;1-2-11(12,13)10-5-3-9(4-6-10)7-8-14/h4-8,18H,1-3H3,(H,19,20);3-6,8H,2,7H2,1H3. The van der Waals surface area contributed by atoms with Crippen LogP contribution in [0.5, 0.6) is 5.75 Å². The number of rotatable bonds is 8. The largest absolute Gasteiger partial charge is 0.479 e. The molecule has 0 bridgehead atoms. The van der Waals surface area contributed by atoms with Crippen LogP contribution in [-0.4, -0.2) is 18.3 Å². The number of halogens is 4. The summed E-state index contributed by atoms with van der Waals surface area (Å²) in [5.41, 5.74) is 0.527. The Morgan fingerprint density at radius 1 is 1.09 bits per heavy atom. The van der Waals surface area contributed by atoms with Crippen LogP contribution in [0.4, 0.5) is 18.9 Å². The van der Waals surface area contributed by atoms with E-state index in [-0.39, 0.29) is 29.7 Å². The van der Waals surface area contributed by atoms with Crippen molar-refractivity contribution in [2.24, 2.45) is 0 Å². The molecule has 0 amide bonds. The lowest BCUT2D eigenvalue weighted by Crippen LogP contribution is -2.29. The maximum absolute atomic E-state index is 14.0. The number of hydrogen-bond acceptors (Lipinski definition) is 4.